The van der Waals surface area contributed by atoms with E-state index in [1.807, 2.05) is 19.2 Å². The Kier molecular flexibility index (Phi) is 5.41. The molecule has 3 atom stereocenters. The molecule has 1 fully saturated rings. The minimum atomic E-state index is -0.163. The van der Waals surface area contributed by atoms with Gasteiger partial charge in [0.1, 0.15) is 11.6 Å². The number of ether oxygens (including phenoxy) is 1. The first-order valence-electron chi connectivity index (χ1n) is 7.72. The molecule has 2 rings (SSSR count). The Hall–Kier alpha value is -1.09. The Morgan fingerprint density at radius 1 is 1.35 bits per heavy atom. The van der Waals surface area contributed by atoms with E-state index in [1.165, 1.54) is 38.2 Å². The summed E-state index contributed by atoms with van der Waals surface area (Å²) in [6, 6.07) is 5.32. The molecule has 0 aromatic heterocycles. The Morgan fingerprint density at radius 2 is 2.10 bits per heavy atom. The van der Waals surface area contributed by atoms with Gasteiger partial charge < -0.3 is 10.1 Å². The van der Waals surface area contributed by atoms with Gasteiger partial charge in [-0.25, -0.2) is 4.39 Å². The monoisotopic (exact) mass is 279 g/mol. The second kappa shape index (κ2) is 7.07. The molecule has 3 unspecified atom stereocenters. The van der Waals surface area contributed by atoms with Gasteiger partial charge in [0.05, 0.1) is 7.11 Å². The maximum absolute atomic E-state index is 14.3. The van der Waals surface area contributed by atoms with Gasteiger partial charge in [-0.3, -0.25) is 0 Å². The quantitative estimate of drug-likeness (QED) is 0.867. The predicted molar refractivity (Wildman–Crippen MR) is 80.5 cm³/mol. The van der Waals surface area contributed by atoms with Crippen molar-refractivity contribution in [2.75, 3.05) is 14.2 Å². The third-order valence-electron chi connectivity index (χ3n) is 4.77. The molecule has 1 aliphatic carbocycles. The summed E-state index contributed by atoms with van der Waals surface area (Å²) >= 11 is 0. The molecule has 1 saturated carbocycles. The van der Waals surface area contributed by atoms with Crippen LogP contribution in [0.4, 0.5) is 4.39 Å². The van der Waals surface area contributed by atoms with Crippen molar-refractivity contribution in [3.63, 3.8) is 0 Å². The molecule has 0 amide bonds. The summed E-state index contributed by atoms with van der Waals surface area (Å²) in [5, 5.41) is 3.35. The number of benzene rings is 1. The number of halogens is 1. The molecule has 1 N–H and O–H groups in total. The van der Waals surface area contributed by atoms with Crippen LogP contribution in [0.2, 0.25) is 0 Å². The summed E-state index contributed by atoms with van der Waals surface area (Å²) < 4.78 is 19.4. The van der Waals surface area contributed by atoms with Crippen LogP contribution in [0.5, 0.6) is 5.75 Å². The Bertz CT molecular complexity index is 435. The molecule has 1 aromatic rings. The third-order valence-corrected chi connectivity index (χ3v) is 4.77. The molecule has 3 heteroatoms. The summed E-state index contributed by atoms with van der Waals surface area (Å²) in [5.74, 6) is 1.64. The zero-order valence-corrected chi connectivity index (χ0v) is 12.8. The minimum absolute atomic E-state index is 0.103. The van der Waals surface area contributed by atoms with Crippen molar-refractivity contribution >= 4 is 0 Å². The van der Waals surface area contributed by atoms with E-state index in [4.69, 9.17) is 4.74 Å². The van der Waals surface area contributed by atoms with Crippen LogP contribution in [-0.4, -0.2) is 14.2 Å². The summed E-state index contributed by atoms with van der Waals surface area (Å²) in [6.45, 7) is 2.25. The average Bonchev–Trinajstić information content (AvgIpc) is 2.50. The zero-order valence-electron chi connectivity index (χ0n) is 12.8. The van der Waals surface area contributed by atoms with Crippen molar-refractivity contribution in [2.24, 2.45) is 11.8 Å². The first-order chi connectivity index (χ1) is 9.71. The summed E-state index contributed by atoms with van der Waals surface area (Å²) in [7, 11) is 3.51. The van der Waals surface area contributed by atoms with Crippen LogP contribution in [0.3, 0.4) is 0 Å². The highest BCUT2D eigenvalue weighted by molar-refractivity contribution is 5.31. The molecular formula is C17H26FNO. The highest BCUT2D eigenvalue weighted by atomic mass is 19.1. The van der Waals surface area contributed by atoms with E-state index in [9.17, 15) is 4.39 Å². The molecule has 112 valence electrons. The van der Waals surface area contributed by atoms with Crippen molar-refractivity contribution in [1.82, 2.24) is 5.32 Å². The van der Waals surface area contributed by atoms with Crippen molar-refractivity contribution in [1.29, 1.82) is 0 Å². The smallest absolute Gasteiger partial charge is 0.131 e. The van der Waals surface area contributed by atoms with E-state index < -0.39 is 0 Å². The van der Waals surface area contributed by atoms with Gasteiger partial charge in [0.25, 0.3) is 0 Å². The number of methoxy groups -OCH3 is 1. The van der Waals surface area contributed by atoms with Crippen molar-refractivity contribution in [2.45, 2.75) is 45.1 Å². The van der Waals surface area contributed by atoms with Crippen LogP contribution in [0.15, 0.2) is 18.2 Å². The molecule has 20 heavy (non-hydrogen) atoms. The lowest BCUT2D eigenvalue weighted by atomic mass is 9.72. The summed E-state index contributed by atoms with van der Waals surface area (Å²) in [4.78, 5) is 0. The maximum Gasteiger partial charge on any atom is 0.131 e. The van der Waals surface area contributed by atoms with Crippen LogP contribution in [0.25, 0.3) is 0 Å². The van der Waals surface area contributed by atoms with Crippen molar-refractivity contribution in [3.8, 4) is 5.75 Å². The number of hydrogen-bond donors (Lipinski definition) is 1. The Labute approximate surface area is 121 Å². The largest absolute Gasteiger partial charge is 0.497 e. The fourth-order valence-corrected chi connectivity index (χ4v) is 3.67. The van der Waals surface area contributed by atoms with E-state index in [0.29, 0.717) is 17.6 Å². The van der Waals surface area contributed by atoms with Gasteiger partial charge in [0, 0.05) is 17.7 Å². The second-order valence-corrected chi connectivity index (χ2v) is 5.77. The van der Waals surface area contributed by atoms with Gasteiger partial charge in [0.15, 0.2) is 0 Å². The second-order valence-electron chi connectivity index (χ2n) is 5.77. The zero-order chi connectivity index (χ0) is 14.5. The Balaban J connectivity index is 2.26. The van der Waals surface area contributed by atoms with E-state index >= 15 is 0 Å². The number of hydrogen-bond acceptors (Lipinski definition) is 2. The fraction of sp³-hybridized carbons (Fsp3) is 0.647. The van der Waals surface area contributed by atoms with E-state index in [-0.39, 0.29) is 11.9 Å². The van der Waals surface area contributed by atoms with E-state index in [0.717, 1.165) is 5.56 Å². The molecule has 0 radical (unpaired) electrons. The van der Waals surface area contributed by atoms with Gasteiger partial charge in [-0.2, -0.15) is 0 Å². The molecule has 1 aliphatic rings. The molecule has 0 spiro atoms. The van der Waals surface area contributed by atoms with Crippen LogP contribution in [0.1, 0.15) is 50.6 Å². The fourth-order valence-electron chi connectivity index (χ4n) is 3.67. The molecule has 0 saturated heterocycles. The van der Waals surface area contributed by atoms with Gasteiger partial charge in [-0.15, -0.1) is 0 Å². The minimum Gasteiger partial charge on any atom is -0.497 e. The van der Waals surface area contributed by atoms with Gasteiger partial charge in [-0.05, 0) is 31.4 Å². The summed E-state index contributed by atoms with van der Waals surface area (Å²) in [6.07, 6.45) is 6.22. The normalized spacial score (nSPS) is 24.4. The van der Waals surface area contributed by atoms with Crippen LogP contribution >= 0.6 is 0 Å². The number of nitrogens with one attached hydrogen (secondary N) is 1. The number of rotatable bonds is 5. The Morgan fingerprint density at radius 3 is 2.70 bits per heavy atom. The van der Waals surface area contributed by atoms with Crippen LogP contribution < -0.4 is 10.1 Å². The van der Waals surface area contributed by atoms with Gasteiger partial charge in [-0.1, -0.05) is 38.7 Å². The lowest BCUT2D eigenvalue weighted by Crippen LogP contribution is -2.33. The predicted octanol–water partition coefficient (Wildman–Crippen LogP) is 4.31. The molecule has 0 heterocycles. The molecule has 2 nitrogen and oxygen atoms in total. The lowest BCUT2D eigenvalue weighted by Gasteiger charge is -2.37. The van der Waals surface area contributed by atoms with Crippen molar-refractivity contribution < 1.29 is 9.13 Å². The third kappa shape index (κ3) is 3.14. The van der Waals surface area contributed by atoms with Crippen molar-refractivity contribution in [3.05, 3.63) is 29.6 Å². The van der Waals surface area contributed by atoms with Crippen LogP contribution in [-0.2, 0) is 0 Å². The topological polar surface area (TPSA) is 21.3 Å². The lowest BCUT2D eigenvalue weighted by molar-refractivity contribution is 0.178. The standard InChI is InChI=1S/C17H26FNO/c1-4-12-7-5-6-8-14(12)17(19-2)15-10-9-13(20-3)11-16(15)18/h9-12,14,17,19H,4-8H2,1-3H3. The maximum atomic E-state index is 14.3. The molecule has 0 aliphatic heterocycles. The molecular weight excluding hydrogens is 253 g/mol. The average molecular weight is 279 g/mol. The van der Waals surface area contributed by atoms with E-state index in [2.05, 4.69) is 12.2 Å². The highest BCUT2D eigenvalue weighted by Crippen LogP contribution is 2.41. The van der Waals surface area contributed by atoms with Gasteiger partial charge >= 0.3 is 0 Å². The molecule has 1 aromatic carbocycles. The first-order valence-corrected chi connectivity index (χ1v) is 7.72. The summed E-state index contributed by atoms with van der Waals surface area (Å²) in [5.41, 5.74) is 0.777. The van der Waals surface area contributed by atoms with Crippen LogP contribution in [0, 0.1) is 17.7 Å². The SMILES string of the molecule is CCC1CCCCC1C(NC)c1ccc(OC)cc1F. The van der Waals surface area contributed by atoms with E-state index in [1.54, 1.807) is 7.11 Å². The highest BCUT2D eigenvalue weighted by Gasteiger charge is 2.32. The molecule has 0 bridgehead atoms. The van der Waals surface area contributed by atoms with Gasteiger partial charge in [0.2, 0.25) is 0 Å². The first kappa shape index (κ1) is 15.3.